The largest absolute Gasteiger partial charge is 1.00 e. The number of hydrogen-bond donors (Lipinski definition) is 2. The zero-order valence-corrected chi connectivity index (χ0v) is 23.8. The first-order chi connectivity index (χ1) is 15.7. The molecule has 0 spiro atoms. The van der Waals surface area contributed by atoms with Gasteiger partial charge in [0.2, 0.25) is 0 Å². The molecule has 9 nitrogen and oxygen atoms in total. The molecule has 2 amide bonds. The summed E-state index contributed by atoms with van der Waals surface area (Å²) in [6, 6.07) is 9.94. The van der Waals surface area contributed by atoms with Gasteiger partial charge in [0.15, 0.2) is 11.6 Å². The van der Waals surface area contributed by atoms with Crippen molar-refractivity contribution in [3.05, 3.63) is 76.5 Å². The Morgan fingerprint density at radius 1 is 1.14 bits per heavy atom. The summed E-state index contributed by atoms with van der Waals surface area (Å²) in [6.07, 6.45) is 0.657. The third-order valence-electron chi connectivity index (χ3n) is 4.93. The summed E-state index contributed by atoms with van der Waals surface area (Å²) in [5.41, 5.74) is -0.205. The summed E-state index contributed by atoms with van der Waals surface area (Å²) in [5.74, 6) is -2.69. The fraction of sp³-hybridized carbons (Fsp3) is 0.174. The van der Waals surface area contributed by atoms with Gasteiger partial charge < -0.3 is 34.9 Å². The van der Waals surface area contributed by atoms with Gasteiger partial charge in [-0.2, -0.15) is 0 Å². The molecule has 1 heterocycles. The van der Waals surface area contributed by atoms with Crippen molar-refractivity contribution in [2.75, 3.05) is 12.4 Å². The van der Waals surface area contributed by atoms with Gasteiger partial charge in [0, 0.05) is 31.2 Å². The summed E-state index contributed by atoms with van der Waals surface area (Å²) in [7, 11) is 2.75. The van der Waals surface area contributed by atoms with E-state index in [9.17, 15) is 29.0 Å². The van der Waals surface area contributed by atoms with E-state index in [1.807, 2.05) is 0 Å². The molecule has 0 fully saturated rings. The molecule has 0 saturated carbocycles. The van der Waals surface area contributed by atoms with Crippen LogP contribution in [0.5, 0.6) is 11.5 Å². The minimum absolute atomic E-state index is 0. The Hall–Kier alpha value is -2.34. The summed E-state index contributed by atoms with van der Waals surface area (Å²) in [4.78, 5) is 35.9. The third kappa shape index (κ3) is 7.57. The van der Waals surface area contributed by atoms with E-state index >= 15 is 0 Å². The van der Waals surface area contributed by atoms with Crippen LogP contribution in [-0.2, 0) is 11.8 Å². The second-order valence-electron chi connectivity index (χ2n) is 7.15. The van der Waals surface area contributed by atoms with Gasteiger partial charge in [-0.25, -0.2) is 9.18 Å². The van der Waals surface area contributed by atoms with Crippen molar-refractivity contribution < 1.29 is 88.0 Å². The molecule has 0 aliphatic carbocycles. The van der Waals surface area contributed by atoms with Crippen molar-refractivity contribution in [1.29, 1.82) is 0 Å². The number of hydrogen-bond acceptors (Lipinski definition) is 6. The average molecular weight is 499 g/mol. The van der Waals surface area contributed by atoms with Gasteiger partial charge in [0.1, 0.15) is 5.69 Å². The Kier molecular flexibility index (Phi) is 12.0. The van der Waals surface area contributed by atoms with Crippen LogP contribution in [0.3, 0.4) is 0 Å². The molecule has 2 N–H and O–H groups in total. The molecular weight excluding hydrogens is 479 g/mol. The normalized spacial score (nSPS) is 10.8. The van der Waals surface area contributed by atoms with Gasteiger partial charge in [-0.15, -0.1) is 0 Å². The number of anilines is 1. The van der Waals surface area contributed by atoms with Crippen LogP contribution in [0.1, 0.15) is 18.0 Å². The topological polar surface area (TPSA) is 136 Å². The smallest absolute Gasteiger partial charge is 0.871 e. The van der Waals surface area contributed by atoms with Crippen LogP contribution in [0, 0.1) is 5.82 Å². The minimum atomic E-state index is -1.45. The number of carboxylic acid groups (broad SMARTS) is 1. The molecule has 0 unspecified atom stereocenters. The first kappa shape index (κ1) is 30.7. The number of pyridine rings is 1. The van der Waals surface area contributed by atoms with E-state index in [-0.39, 0.29) is 70.4 Å². The number of urea groups is 1. The summed E-state index contributed by atoms with van der Waals surface area (Å²) < 4.78 is 20.8. The van der Waals surface area contributed by atoms with E-state index in [1.54, 1.807) is 24.3 Å². The predicted octanol–water partition coefficient (Wildman–Crippen LogP) is -4.72. The number of benzene rings is 2. The van der Waals surface area contributed by atoms with Gasteiger partial charge in [-0.3, -0.25) is 4.79 Å². The second-order valence-corrected chi connectivity index (χ2v) is 7.15. The van der Waals surface area contributed by atoms with Crippen LogP contribution >= 0.6 is 0 Å². The maximum Gasteiger partial charge on any atom is 1.00 e. The second kappa shape index (κ2) is 13.7. The molecule has 0 saturated heterocycles. The van der Waals surface area contributed by atoms with Crippen molar-refractivity contribution in [3.63, 3.8) is 0 Å². The Morgan fingerprint density at radius 2 is 1.83 bits per heavy atom. The van der Waals surface area contributed by atoms with Gasteiger partial charge in [0.05, 0.1) is 13.2 Å². The number of aromatic nitrogens is 1. The first-order valence-electron chi connectivity index (χ1n) is 9.78. The molecule has 0 radical (unpaired) electrons. The van der Waals surface area contributed by atoms with Crippen LogP contribution < -0.4 is 90.3 Å². The monoisotopic (exact) mass is 499 g/mol. The molecule has 2 aromatic carbocycles. The van der Waals surface area contributed by atoms with E-state index in [2.05, 4.69) is 10.6 Å². The summed E-state index contributed by atoms with van der Waals surface area (Å²) >= 11 is 0. The van der Waals surface area contributed by atoms with Crippen LogP contribution in [0.2, 0.25) is 0 Å². The van der Waals surface area contributed by atoms with Crippen molar-refractivity contribution in [1.82, 2.24) is 9.88 Å². The number of rotatable bonds is 7. The fourth-order valence-electron chi connectivity index (χ4n) is 3.27. The number of halogens is 1. The molecule has 3 rings (SSSR count). The number of nitrogens with one attached hydrogen (secondary N) is 2. The minimum Gasteiger partial charge on any atom is -0.871 e. The Morgan fingerprint density at radius 3 is 2.49 bits per heavy atom. The number of carbonyl (C=O) groups is 2. The molecule has 1 aromatic heterocycles. The molecule has 3 aromatic rings. The number of carboxylic acids is 1. The number of ether oxygens (including phenoxy) is 1. The van der Waals surface area contributed by atoms with Crippen molar-refractivity contribution >= 4 is 17.7 Å². The van der Waals surface area contributed by atoms with Gasteiger partial charge in [-0.1, -0.05) is 42.1 Å². The average Bonchev–Trinajstić information content (AvgIpc) is 2.79. The summed E-state index contributed by atoms with van der Waals surface area (Å²) in [6.45, 7) is 0. The number of aryl methyl sites for hydroxylation is 1. The van der Waals surface area contributed by atoms with Crippen molar-refractivity contribution in [2.24, 2.45) is 7.05 Å². The number of aliphatic carboxylic acids is 1. The van der Waals surface area contributed by atoms with Gasteiger partial charge >= 0.3 is 65.1 Å². The zero-order valence-electron chi connectivity index (χ0n) is 19.8. The molecule has 0 bridgehead atoms. The van der Waals surface area contributed by atoms with Crippen molar-refractivity contribution in [2.45, 2.75) is 12.5 Å². The van der Waals surface area contributed by atoms with Gasteiger partial charge in [-0.05, 0) is 23.3 Å². The van der Waals surface area contributed by atoms with E-state index in [0.29, 0.717) is 11.1 Å². The summed E-state index contributed by atoms with van der Waals surface area (Å²) in [5, 5.41) is 27.9. The quantitative estimate of drug-likeness (QED) is 0.314. The third-order valence-corrected chi connectivity index (χ3v) is 4.93. The number of methoxy groups -OCH3 is 1. The molecular formula is C23H20FN3Na2O6. The van der Waals surface area contributed by atoms with Crippen LogP contribution in [-0.4, -0.2) is 23.7 Å². The first-order valence-corrected chi connectivity index (χ1v) is 9.78. The molecule has 0 aliphatic rings. The van der Waals surface area contributed by atoms with Gasteiger partial charge in [0.25, 0.3) is 5.56 Å². The fourth-order valence-corrected chi connectivity index (χ4v) is 3.27. The number of amides is 2. The maximum atomic E-state index is 14.7. The van der Waals surface area contributed by atoms with E-state index in [4.69, 9.17) is 4.74 Å². The van der Waals surface area contributed by atoms with E-state index < -0.39 is 47.3 Å². The van der Waals surface area contributed by atoms with Crippen molar-refractivity contribution in [3.8, 4) is 22.6 Å². The molecule has 1 atom stereocenters. The Labute approximate surface area is 244 Å². The number of nitrogens with zero attached hydrogens (tertiary/aromatic N) is 1. The van der Waals surface area contributed by atoms with Crippen LogP contribution in [0.15, 0.2) is 59.5 Å². The molecule has 172 valence electrons. The SMILES string of the molecule is COc1cccc(-c2cccc([C@H](CC(=O)[O-])NC(=O)Nc3c([O-])ccn(C)c3=O)c2)c1F.[Na+].[Na+]. The van der Waals surface area contributed by atoms with Crippen LogP contribution in [0.25, 0.3) is 11.1 Å². The zero-order chi connectivity index (χ0) is 24.1. The maximum absolute atomic E-state index is 14.7. The van der Waals surface area contributed by atoms with E-state index in [0.717, 1.165) is 10.6 Å². The van der Waals surface area contributed by atoms with E-state index in [1.165, 1.54) is 38.6 Å². The van der Waals surface area contributed by atoms with Crippen LogP contribution in [0.4, 0.5) is 14.9 Å². The molecule has 0 aliphatic heterocycles. The Balaban J connectivity index is 0.00000306. The molecule has 35 heavy (non-hydrogen) atoms. The Bertz CT molecular complexity index is 1270. The standard InChI is InChI=1S/C23H22FN3O6.2Na/c1-27-10-9-17(28)21(22(27)31)26-23(32)25-16(12-19(29)30)14-6-3-5-13(11-14)15-7-4-8-18(33-2)20(15)24;;/h3-11,16,28H,12H2,1-2H3,(H,29,30)(H2,25,26,32);;/q;2*+1/p-2/t16-;;/m0../s1. The number of carbonyl (C=O) groups excluding carboxylic acids is 2. The molecule has 12 heteroatoms. The predicted molar refractivity (Wildman–Crippen MR) is 114 cm³/mol.